The second-order valence-electron chi connectivity index (χ2n) is 9.27. The summed E-state index contributed by atoms with van der Waals surface area (Å²) in [5.41, 5.74) is 2.05. The highest BCUT2D eigenvalue weighted by molar-refractivity contribution is 6.30. The number of alkyl halides is 1. The van der Waals surface area contributed by atoms with Crippen LogP contribution in [0.15, 0.2) is 24.5 Å². The van der Waals surface area contributed by atoms with Gasteiger partial charge in [0.25, 0.3) is 0 Å². The van der Waals surface area contributed by atoms with Gasteiger partial charge in [-0.2, -0.15) is 0 Å². The monoisotopic (exact) mass is 475 g/mol. The minimum absolute atomic E-state index is 0.000814. The fraction of sp³-hybridized carbons (Fsp3) is 0.542. The smallest absolute Gasteiger partial charge is 0.231 e. The SMILES string of the molecule is C[C@@H]1CC(F)c2ncnc(N3CCN(C(=O)[C@@H](c4ccc(Cl)c(F)c4)[C@@H]4CCCN4)CC3)c21. The van der Waals surface area contributed by atoms with E-state index in [4.69, 9.17) is 11.6 Å². The van der Waals surface area contributed by atoms with Gasteiger partial charge >= 0.3 is 0 Å². The van der Waals surface area contributed by atoms with Crippen molar-refractivity contribution in [2.45, 2.75) is 50.2 Å². The maximum absolute atomic E-state index is 14.3. The summed E-state index contributed by atoms with van der Waals surface area (Å²) in [6.45, 7) is 5.15. The van der Waals surface area contributed by atoms with Crippen LogP contribution in [0.2, 0.25) is 5.02 Å². The van der Waals surface area contributed by atoms with Crippen LogP contribution in [0, 0.1) is 5.82 Å². The predicted octanol–water partition coefficient (Wildman–Crippen LogP) is 3.97. The molecule has 1 aromatic heterocycles. The van der Waals surface area contributed by atoms with Crippen molar-refractivity contribution in [2.75, 3.05) is 37.6 Å². The standard InChI is InChI=1S/C24H28ClF2N5O/c1-14-11-18(27)22-20(14)23(30-13-29-22)31-7-9-32(10-8-31)24(33)21(19-3-2-6-28-19)15-4-5-16(25)17(26)12-15/h4-5,12-14,18-19,21,28H,2-3,6-11H2,1H3/t14-,18?,19+,21+/m1/s1. The number of piperazine rings is 1. The van der Waals surface area contributed by atoms with Crippen LogP contribution in [0.4, 0.5) is 14.6 Å². The van der Waals surface area contributed by atoms with E-state index in [1.165, 1.54) is 18.5 Å². The number of benzene rings is 1. The summed E-state index contributed by atoms with van der Waals surface area (Å²) in [5.74, 6) is -0.105. The van der Waals surface area contributed by atoms with E-state index in [-0.39, 0.29) is 22.9 Å². The van der Waals surface area contributed by atoms with E-state index in [0.29, 0.717) is 43.9 Å². The van der Waals surface area contributed by atoms with Crippen molar-refractivity contribution in [3.63, 3.8) is 0 Å². The van der Waals surface area contributed by atoms with Gasteiger partial charge in [0.2, 0.25) is 5.91 Å². The highest BCUT2D eigenvalue weighted by Crippen LogP contribution is 2.44. The predicted molar refractivity (Wildman–Crippen MR) is 123 cm³/mol. The number of hydrogen-bond acceptors (Lipinski definition) is 5. The number of nitrogens with one attached hydrogen (secondary N) is 1. The van der Waals surface area contributed by atoms with Gasteiger partial charge in [0, 0.05) is 37.8 Å². The highest BCUT2D eigenvalue weighted by Gasteiger charge is 2.38. The molecule has 3 heterocycles. The summed E-state index contributed by atoms with van der Waals surface area (Å²) >= 11 is 5.88. The summed E-state index contributed by atoms with van der Waals surface area (Å²) < 4.78 is 28.5. The molecule has 1 unspecified atom stereocenters. The topological polar surface area (TPSA) is 61.4 Å². The Hall–Kier alpha value is -2.32. The summed E-state index contributed by atoms with van der Waals surface area (Å²) in [4.78, 5) is 26.3. The molecule has 33 heavy (non-hydrogen) atoms. The second kappa shape index (κ2) is 9.14. The number of nitrogens with zero attached hydrogens (tertiary/aromatic N) is 4. The number of halogens is 3. The first-order chi connectivity index (χ1) is 15.9. The molecule has 0 saturated carbocycles. The van der Waals surface area contributed by atoms with E-state index in [0.717, 1.165) is 30.8 Å². The number of amides is 1. The fourth-order valence-electron chi connectivity index (χ4n) is 5.50. The van der Waals surface area contributed by atoms with Crippen LogP contribution in [0.25, 0.3) is 0 Å². The molecule has 176 valence electrons. The van der Waals surface area contributed by atoms with E-state index in [1.807, 2.05) is 11.8 Å². The van der Waals surface area contributed by atoms with E-state index < -0.39 is 17.9 Å². The van der Waals surface area contributed by atoms with Crippen molar-refractivity contribution in [3.8, 4) is 0 Å². The maximum atomic E-state index is 14.3. The normalized spacial score (nSPS) is 25.9. The number of aromatic nitrogens is 2. The number of hydrogen-bond donors (Lipinski definition) is 1. The van der Waals surface area contributed by atoms with Crippen molar-refractivity contribution in [2.24, 2.45) is 0 Å². The van der Waals surface area contributed by atoms with Crippen molar-refractivity contribution < 1.29 is 13.6 Å². The number of rotatable bonds is 4. The molecule has 2 aliphatic heterocycles. The van der Waals surface area contributed by atoms with Gasteiger partial charge in [-0.25, -0.2) is 18.7 Å². The summed E-state index contributed by atoms with van der Waals surface area (Å²) in [6, 6.07) is 4.64. The molecule has 5 rings (SSSR count). The van der Waals surface area contributed by atoms with Gasteiger partial charge in [-0.15, -0.1) is 0 Å². The molecule has 6 nitrogen and oxygen atoms in total. The summed E-state index contributed by atoms with van der Waals surface area (Å²) in [5, 5.41) is 3.47. The lowest BCUT2D eigenvalue weighted by Crippen LogP contribution is -2.52. The van der Waals surface area contributed by atoms with Crippen molar-refractivity contribution >= 4 is 23.3 Å². The molecule has 0 spiro atoms. The Morgan fingerprint density at radius 1 is 1.24 bits per heavy atom. The molecule has 2 fully saturated rings. The molecular weight excluding hydrogens is 448 g/mol. The average molecular weight is 476 g/mol. The molecule has 1 amide bonds. The van der Waals surface area contributed by atoms with Gasteiger partial charge in [-0.1, -0.05) is 24.6 Å². The van der Waals surface area contributed by atoms with Gasteiger partial charge < -0.3 is 15.1 Å². The Bertz CT molecular complexity index is 1040. The van der Waals surface area contributed by atoms with Crippen LogP contribution in [-0.4, -0.2) is 59.5 Å². The van der Waals surface area contributed by atoms with Gasteiger partial charge in [0.05, 0.1) is 16.6 Å². The molecule has 3 aliphatic rings. The van der Waals surface area contributed by atoms with Crippen molar-refractivity contribution in [1.82, 2.24) is 20.2 Å². The second-order valence-corrected chi connectivity index (χ2v) is 9.67. The fourth-order valence-corrected chi connectivity index (χ4v) is 5.62. The van der Waals surface area contributed by atoms with Gasteiger partial charge in [-0.3, -0.25) is 4.79 Å². The summed E-state index contributed by atoms with van der Waals surface area (Å²) in [6.07, 6.45) is 2.69. The van der Waals surface area contributed by atoms with E-state index in [9.17, 15) is 13.6 Å². The van der Waals surface area contributed by atoms with E-state index >= 15 is 0 Å². The number of anilines is 1. The molecular formula is C24H28ClF2N5O. The Balaban J connectivity index is 1.34. The molecule has 2 saturated heterocycles. The number of carbonyl (C=O) groups excluding carboxylic acids is 1. The van der Waals surface area contributed by atoms with Gasteiger partial charge in [-0.05, 0) is 49.4 Å². The zero-order chi connectivity index (χ0) is 23.1. The van der Waals surface area contributed by atoms with Gasteiger partial charge in [0.1, 0.15) is 24.1 Å². The molecule has 9 heteroatoms. The lowest BCUT2D eigenvalue weighted by Gasteiger charge is -2.38. The third kappa shape index (κ3) is 4.19. The largest absolute Gasteiger partial charge is 0.353 e. The molecule has 1 aliphatic carbocycles. The number of fused-ring (bicyclic) bond motifs is 1. The Labute approximate surface area is 197 Å². The van der Waals surface area contributed by atoms with Crippen molar-refractivity contribution in [1.29, 1.82) is 0 Å². The van der Waals surface area contributed by atoms with Crippen LogP contribution >= 0.6 is 11.6 Å². The first kappa shape index (κ1) is 22.5. The molecule has 4 atom stereocenters. The highest BCUT2D eigenvalue weighted by atomic mass is 35.5. The minimum Gasteiger partial charge on any atom is -0.353 e. The molecule has 2 aromatic rings. The minimum atomic E-state index is -1.04. The molecule has 1 aromatic carbocycles. The summed E-state index contributed by atoms with van der Waals surface area (Å²) in [7, 11) is 0. The quantitative estimate of drug-likeness (QED) is 0.725. The lowest BCUT2D eigenvalue weighted by atomic mass is 9.88. The Morgan fingerprint density at radius 3 is 2.73 bits per heavy atom. The lowest BCUT2D eigenvalue weighted by molar-refractivity contribution is -0.133. The third-order valence-corrected chi connectivity index (χ3v) is 7.51. The van der Waals surface area contributed by atoms with Crippen LogP contribution in [0.5, 0.6) is 0 Å². The first-order valence-electron chi connectivity index (χ1n) is 11.6. The van der Waals surface area contributed by atoms with Crippen molar-refractivity contribution in [3.05, 3.63) is 52.2 Å². The van der Waals surface area contributed by atoms with Crippen LogP contribution < -0.4 is 10.2 Å². The van der Waals surface area contributed by atoms with Gasteiger partial charge in [0.15, 0.2) is 0 Å². The first-order valence-corrected chi connectivity index (χ1v) is 12.0. The average Bonchev–Trinajstić information content (AvgIpc) is 3.45. The van der Waals surface area contributed by atoms with Crippen LogP contribution in [0.3, 0.4) is 0 Å². The van der Waals surface area contributed by atoms with Crippen LogP contribution in [-0.2, 0) is 4.79 Å². The zero-order valence-electron chi connectivity index (χ0n) is 18.6. The number of carbonyl (C=O) groups is 1. The molecule has 1 N–H and O–H groups in total. The molecule has 0 radical (unpaired) electrons. The van der Waals surface area contributed by atoms with E-state index in [1.54, 1.807) is 6.07 Å². The Morgan fingerprint density at radius 2 is 2.03 bits per heavy atom. The zero-order valence-corrected chi connectivity index (χ0v) is 19.4. The van der Waals surface area contributed by atoms with E-state index in [2.05, 4.69) is 20.2 Å². The third-order valence-electron chi connectivity index (χ3n) is 7.20. The molecule has 0 bridgehead atoms. The van der Waals surface area contributed by atoms with Crippen LogP contribution in [0.1, 0.15) is 61.0 Å². The Kier molecular flexibility index (Phi) is 6.22. The maximum Gasteiger partial charge on any atom is 0.231 e.